The lowest BCUT2D eigenvalue weighted by molar-refractivity contribution is -0.141. The van der Waals surface area contributed by atoms with E-state index < -0.39 is 17.8 Å². The summed E-state index contributed by atoms with van der Waals surface area (Å²) >= 11 is 0. The molecule has 2 aliphatic rings. The smallest absolute Gasteiger partial charge is 0.378 e. The van der Waals surface area contributed by atoms with Gasteiger partial charge in [-0.2, -0.15) is 18.3 Å². The van der Waals surface area contributed by atoms with Crippen molar-refractivity contribution in [3.8, 4) is 0 Å². The molecule has 2 aromatic rings. The van der Waals surface area contributed by atoms with Gasteiger partial charge in [0.25, 0.3) is 5.91 Å². The third kappa shape index (κ3) is 4.64. The average molecular weight is 422 g/mol. The largest absolute Gasteiger partial charge is 0.435 e. The number of anilines is 1. The van der Waals surface area contributed by atoms with Gasteiger partial charge in [0.15, 0.2) is 5.69 Å². The SMILES string of the molecule is O=C(Cn1nc(C(F)(F)F)cc1C1CC1)Nc1ccc(C(=O)N2CCOCC2)cc1. The van der Waals surface area contributed by atoms with Crippen molar-refractivity contribution in [3.05, 3.63) is 47.3 Å². The number of hydrogen-bond acceptors (Lipinski definition) is 4. The van der Waals surface area contributed by atoms with Crippen molar-refractivity contribution in [2.45, 2.75) is 31.5 Å². The van der Waals surface area contributed by atoms with Crippen LogP contribution in [0.5, 0.6) is 0 Å². The van der Waals surface area contributed by atoms with Crippen LogP contribution in [0.3, 0.4) is 0 Å². The zero-order valence-corrected chi connectivity index (χ0v) is 16.1. The van der Waals surface area contributed by atoms with Crippen molar-refractivity contribution in [3.63, 3.8) is 0 Å². The number of nitrogens with one attached hydrogen (secondary N) is 1. The minimum Gasteiger partial charge on any atom is -0.378 e. The summed E-state index contributed by atoms with van der Waals surface area (Å²) in [5, 5.41) is 6.23. The second-order valence-electron chi connectivity index (χ2n) is 7.41. The molecule has 0 bridgehead atoms. The molecule has 1 aromatic carbocycles. The predicted octanol–water partition coefficient (Wildman–Crippen LogP) is 2.89. The van der Waals surface area contributed by atoms with Gasteiger partial charge in [-0.25, -0.2) is 0 Å². The molecule has 1 saturated carbocycles. The maximum atomic E-state index is 13.0. The summed E-state index contributed by atoms with van der Waals surface area (Å²) < 4.78 is 45.3. The standard InChI is InChI=1S/C20H21F3N4O3/c21-20(22,23)17-11-16(13-1-2-13)27(25-17)12-18(28)24-15-5-3-14(4-6-15)19(29)26-7-9-30-10-8-26/h3-6,11,13H,1-2,7-10,12H2,(H,24,28). The molecular formula is C20H21F3N4O3. The lowest BCUT2D eigenvalue weighted by Gasteiger charge is -2.26. The number of morpholine rings is 1. The second-order valence-corrected chi connectivity index (χ2v) is 7.41. The van der Waals surface area contributed by atoms with Crippen LogP contribution in [0.25, 0.3) is 0 Å². The summed E-state index contributed by atoms with van der Waals surface area (Å²) in [5.41, 5.74) is 0.398. The maximum Gasteiger partial charge on any atom is 0.435 e. The van der Waals surface area contributed by atoms with E-state index in [0.717, 1.165) is 23.6 Å². The minimum absolute atomic E-state index is 0.0203. The normalized spacial score (nSPS) is 17.1. The number of carbonyl (C=O) groups excluding carboxylic acids is 2. The highest BCUT2D eigenvalue weighted by atomic mass is 19.4. The van der Waals surface area contributed by atoms with Gasteiger partial charge in [-0.05, 0) is 43.2 Å². The van der Waals surface area contributed by atoms with Crippen LogP contribution < -0.4 is 5.32 Å². The summed E-state index contributed by atoms with van der Waals surface area (Å²) in [6, 6.07) is 7.43. The molecule has 7 nitrogen and oxygen atoms in total. The van der Waals surface area contributed by atoms with Gasteiger partial charge in [0.05, 0.1) is 13.2 Å². The van der Waals surface area contributed by atoms with Gasteiger partial charge in [0.2, 0.25) is 5.91 Å². The van der Waals surface area contributed by atoms with E-state index >= 15 is 0 Å². The highest BCUT2D eigenvalue weighted by Gasteiger charge is 2.38. The van der Waals surface area contributed by atoms with Gasteiger partial charge in [0, 0.05) is 36.0 Å². The Labute approximate surface area is 170 Å². The summed E-state index contributed by atoms with van der Waals surface area (Å²) in [7, 11) is 0. The van der Waals surface area contributed by atoms with Crippen molar-refractivity contribution in [2.75, 3.05) is 31.6 Å². The Bertz CT molecular complexity index is 930. The molecule has 1 aliphatic heterocycles. The highest BCUT2D eigenvalue weighted by Crippen LogP contribution is 2.42. The van der Waals surface area contributed by atoms with Crippen LogP contribution in [0.4, 0.5) is 18.9 Å². The minimum atomic E-state index is -4.55. The van der Waals surface area contributed by atoms with E-state index in [2.05, 4.69) is 10.4 Å². The first-order chi connectivity index (χ1) is 14.3. The Hall–Kier alpha value is -2.88. The van der Waals surface area contributed by atoms with Crippen LogP contribution in [0.1, 0.15) is 40.5 Å². The van der Waals surface area contributed by atoms with E-state index in [-0.39, 0.29) is 18.4 Å². The number of halogens is 3. The van der Waals surface area contributed by atoms with Gasteiger partial charge in [-0.15, -0.1) is 0 Å². The molecule has 2 fully saturated rings. The molecule has 160 valence electrons. The molecule has 1 aromatic heterocycles. The van der Waals surface area contributed by atoms with Crippen molar-refractivity contribution in [1.29, 1.82) is 0 Å². The van der Waals surface area contributed by atoms with Crippen molar-refractivity contribution < 1.29 is 27.5 Å². The van der Waals surface area contributed by atoms with E-state index in [4.69, 9.17) is 4.74 Å². The first-order valence-electron chi connectivity index (χ1n) is 9.73. The van der Waals surface area contributed by atoms with Gasteiger partial charge < -0.3 is 15.0 Å². The van der Waals surface area contributed by atoms with Crippen LogP contribution in [0.2, 0.25) is 0 Å². The van der Waals surface area contributed by atoms with E-state index in [1.807, 2.05) is 0 Å². The number of benzene rings is 1. The topological polar surface area (TPSA) is 76.5 Å². The lowest BCUT2D eigenvalue weighted by Crippen LogP contribution is -2.40. The van der Waals surface area contributed by atoms with Gasteiger partial charge in [-0.3, -0.25) is 14.3 Å². The molecule has 0 spiro atoms. The lowest BCUT2D eigenvalue weighted by atomic mass is 10.1. The molecule has 2 amide bonds. The number of ether oxygens (including phenoxy) is 1. The summed E-state index contributed by atoms with van der Waals surface area (Å²) in [6.45, 7) is 1.77. The van der Waals surface area contributed by atoms with Gasteiger partial charge >= 0.3 is 6.18 Å². The van der Waals surface area contributed by atoms with Crippen molar-refractivity contribution >= 4 is 17.5 Å². The Kier molecular flexibility index (Phi) is 5.50. The summed E-state index contributed by atoms with van der Waals surface area (Å²) in [6.07, 6.45) is -2.96. The first-order valence-corrected chi connectivity index (χ1v) is 9.73. The second kappa shape index (κ2) is 8.10. The van der Waals surface area contributed by atoms with E-state index in [9.17, 15) is 22.8 Å². The molecule has 30 heavy (non-hydrogen) atoms. The van der Waals surface area contributed by atoms with Crippen molar-refractivity contribution in [2.24, 2.45) is 0 Å². The fraction of sp³-hybridized carbons (Fsp3) is 0.450. The molecule has 1 saturated heterocycles. The Morgan fingerprint density at radius 2 is 1.80 bits per heavy atom. The van der Waals surface area contributed by atoms with Crippen LogP contribution >= 0.6 is 0 Å². The van der Waals surface area contributed by atoms with Crippen LogP contribution in [-0.4, -0.2) is 52.8 Å². The number of hydrogen-bond donors (Lipinski definition) is 1. The Morgan fingerprint density at radius 3 is 2.40 bits per heavy atom. The third-order valence-electron chi connectivity index (χ3n) is 5.10. The van der Waals surface area contributed by atoms with E-state index in [1.165, 1.54) is 0 Å². The van der Waals surface area contributed by atoms with Gasteiger partial charge in [0.1, 0.15) is 6.54 Å². The monoisotopic (exact) mass is 422 g/mol. The first kappa shape index (κ1) is 20.4. The molecule has 0 radical (unpaired) electrons. The zero-order valence-electron chi connectivity index (χ0n) is 16.1. The molecule has 1 N–H and O–H groups in total. The molecular weight excluding hydrogens is 401 g/mol. The highest BCUT2D eigenvalue weighted by molar-refractivity contribution is 5.95. The molecule has 0 atom stereocenters. The predicted molar refractivity (Wildman–Crippen MR) is 101 cm³/mol. The molecule has 1 aliphatic carbocycles. The van der Waals surface area contributed by atoms with Crippen LogP contribution in [0.15, 0.2) is 30.3 Å². The molecule has 2 heterocycles. The quantitative estimate of drug-likeness (QED) is 0.804. The molecule has 4 rings (SSSR count). The van der Waals surface area contributed by atoms with Gasteiger partial charge in [-0.1, -0.05) is 0 Å². The number of alkyl halides is 3. The third-order valence-corrected chi connectivity index (χ3v) is 5.10. The number of nitrogens with zero attached hydrogens (tertiary/aromatic N) is 3. The summed E-state index contributed by atoms with van der Waals surface area (Å²) in [4.78, 5) is 26.5. The number of carbonyl (C=O) groups is 2. The number of rotatable bonds is 5. The van der Waals surface area contributed by atoms with E-state index in [0.29, 0.717) is 43.2 Å². The van der Waals surface area contributed by atoms with E-state index in [1.54, 1.807) is 29.2 Å². The van der Waals surface area contributed by atoms with Crippen LogP contribution in [0, 0.1) is 0 Å². The number of amides is 2. The summed E-state index contributed by atoms with van der Waals surface area (Å²) in [5.74, 6) is -0.575. The fourth-order valence-electron chi connectivity index (χ4n) is 3.39. The Morgan fingerprint density at radius 1 is 1.13 bits per heavy atom. The van der Waals surface area contributed by atoms with Crippen molar-refractivity contribution in [1.82, 2.24) is 14.7 Å². The maximum absolute atomic E-state index is 13.0. The molecule has 10 heteroatoms. The molecule has 0 unspecified atom stereocenters. The Balaban J connectivity index is 1.40. The van der Waals surface area contributed by atoms with Crippen LogP contribution in [-0.2, 0) is 22.3 Å². The fourth-order valence-corrected chi connectivity index (χ4v) is 3.39. The zero-order chi connectivity index (χ0) is 21.3. The average Bonchev–Trinajstić information content (AvgIpc) is 3.48. The number of aromatic nitrogens is 2.